The maximum absolute atomic E-state index is 11.9. The van der Waals surface area contributed by atoms with Crippen molar-refractivity contribution in [2.75, 3.05) is 0 Å². The summed E-state index contributed by atoms with van der Waals surface area (Å²) in [5.74, 6) is -0.870. The van der Waals surface area contributed by atoms with Crippen LogP contribution in [0.15, 0.2) is 30.3 Å². The van der Waals surface area contributed by atoms with Gasteiger partial charge in [-0.15, -0.1) is 0 Å². The van der Waals surface area contributed by atoms with E-state index in [9.17, 15) is 14.4 Å². The summed E-state index contributed by atoms with van der Waals surface area (Å²) in [5.41, 5.74) is 0.897. The van der Waals surface area contributed by atoms with Crippen LogP contribution in [0.25, 0.3) is 0 Å². The van der Waals surface area contributed by atoms with Crippen molar-refractivity contribution in [3.8, 4) is 0 Å². The van der Waals surface area contributed by atoms with Gasteiger partial charge in [-0.3, -0.25) is 9.59 Å². The van der Waals surface area contributed by atoms with Gasteiger partial charge in [-0.2, -0.15) is 0 Å². The molecule has 1 aliphatic carbocycles. The largest absolute Gasteiger partial charge is 0.459 e. The summed E-state index contributed by atoms with van der Waals surface area (Å²) in [6.07, 6.45) is -0.106. The SMILES string of the molecule is CC(=O)O[C@@H]1CC[C@H](NC(=O)OCc2ccccc2)C[C@H]1OC(C)=O. The van der Waals surface area contributed by atoms with Crippen LogP contribution in [0.3, 0.4) is 0 Å². The van der Waals surface area contributed by atoms with E-state index in [1.807, 2.05) is 30.3 Å². The van der Waals surface area contributed by atoms with Crippen LogP contribution in [-0.2, 0) is 30.4 Å². The fourth-order valence-corrected chi connectivity index (χ4v) is 2.85. The summed E-state index contributed by atoms with van der Waals surface area (Å²) in [4.78, 5) is 34.4. The number of esters is 2. The zero-order chi connectivity index (χ0) is 18.2. The Kier molecular flexibility index (Phi) is 6.80. The molecule has 0 radical (unpaired) electrons. The number of alkyl carbamates (subject to hydrolysis) is 1. The van der Waals surface area contributed by atoms with Gasteiger partial charge in [0.05, 0.1) is 0 Å². The Morgan fingerprint density at radius 1 is 1.00 bits per heavy atom. The second-order valence-electron chi connectivity index (χ2n) is 6.01. The maximum Gasteiger partial charge on any atom is 0.407 e. The van der Waals surface area contributed by atoms with E-state index < -0.39 is 30.2 Å². The van der Waals surface area contributed by atoms with Gasteiger partial charge in [0.1, 0.15) is 18.8 Å². The number of amides is 1. The van der Waals surface area contributed by atoms with E-state index in [1.54, 1.807) is 0 Å². The van der Waals surface area contributed by atoms with Crippen LogP contribution in [0, 0.1) is 0 Å². The van der Waals surface area contributed by atoms with Crippen molar-refractivity contribution in [2.45, 2.75) is 58.0 Å². The molecule has 1 aromatic carbocycles. The standard InChI is InChI=1S/C18H23NO6/c1-12(20)24-16-9-8-15(10-17(16)25-13(2)21)19-18(22)23-11-14-6-4-3-5-7-14/h3-7,15-17H,8-11H2,1-2H3,(H,19,22)/t15-,16+,17+/m0/s1. The molecule has 1 amide bonds. The number of rotatable bonds is 5. The second kappa shape index (κ2) is 9.05. The average Bonchev–Trinajstić information content (AvgIpc) is 2.55. The fraction of sp³-hybridized carbons (Fsp3) is 0.500. The van der Waals surface area contributed by atoms with Crippen LogP contribution < -0.4 is 5.32 Å². The van der Waals surface area contributed by atoms with E-state index in [1.165, 1.54) is 13.8 Å². The Morgan fingerprint density at radius 2 is 1.64 bits per heavy atom. The lowest BCUT2D eigenvalue weighted by atomic mass is 9.90. The first-order valence-corrected chi connectivity index (χ1v) is 8.25. The molecular formula is C18H23NO6. The minimum absolute atomic E-state index is 0.183. The summed E-state index contributed by atoms with van der Waals surface area (Å²) in [7, 11) is 0. The number of carbonyl (C=O) groups excluding carboxylic acids is 3. The Hall–Kier alpha value is -2.57. The summed E-state index contributed by atoms with van der Waals surface area (Å²) in [6.45, 7) is 2.80. The molecule has 1 aliphatic rings. The molecule has 0 saturated heterocycles. The minimum atomic E-state index is -0.574. The van der Waals surface area contributed by atoms with Gasteiger partial charge in [-0.1, -0.05) is 30.3 Å². The third kappa shape index (κ3) is 6.45. The molecule has 0 unspecified atom stereocenters. The molecule has 7 heteroatoms. The van der Waals surface area contributed by atoms with Gasteiger partial charge in [-0.25, -0.2) is 4.79 Å². The smallest absolute Gasteiger partial charge is 0.407 e. The number of carbonyl (C=O) groups is 3. The van der Waals surface area contributed by atoms with Crippen molar-refractivity contribution >= 4 is 18.0 Å². The molecule has 1 aromatic rings. The topological polar surface area (TPSA) is 90.9 Å². The molecule has 0 spiro atoms. The zero-order valence-electron chi connectivity index (χ0n) is 14.4. The molecule has 136 valence electrons. The van der Waals surface area contributed by atoms with Crippen molar-refractivity contribution in [1.82, 2.24) is 5.32 Å². The predicted octanol–water partition coefficient (Wildman–Crippen LogP) is 2.33. The highest BCUT2D eigenvalue weighted by Gasteiger charge is 2.35. The molecule has 0 aromatic heterocycles. The summed E-state index contributed by atoms with van der Waals surface area (Å²) in [5, 5.41) is 2.77. The van der Waals surface area contributed by atoms with Crippen LogP contribution in [0.5, 0.6) is 0 Å². The van der Waals surface area contributed by atoms with E-state index in [0.29, 0.717) is 19.3 Å². The molecule has 7 nitrogen and oxygen atoms in total. The van der Waals surface area contributed by atoms with Crippen LogP contribution in [0.4, 0.5) is 4.79 Å². The van der Waals surface area contributed by atoms with Gasteiger partial charge in [0, 0.05) is 26.3 Å². The average molecular weight is 349 g/mol. The first-order chi connectivity index (χ1) is 11.9. The van der Waals surface area contributed by atoms with Crippen molar-refractivity contribution in [1.29, 1.82) is 0 Å². The third-order valence-corrected chi connectivity index (χ3v) is 3.90. The van der Waals surface area contributed by atoms with Crippen molar-refractivity contribution < 1.29 is 28.6 Å². The molecule has 0 aliphatic heterocycles. The van der Waals surface area contributed by atoms with Crippen molar-refractivity contribution in [3.63, 3.8) is 0 Å². The molecule has 0 heterocycles. The van der Waals surface area contributed by atoms with Gasteiger partial charge in [0.25, 0.3) is 0 Å². The molecule has 2 rings (SSSR count). The van der Waals surface area contributed by atoms with E-state index in [4.69, 9.17) is 14.2 Å². The first-order valence-electron chi connectivity index (χ1n) is 8.25. The van der Waals surface area contributed by atoms with Gasteiger partial charge in [0.15, 0.2) is 0 Å². The monoisotopic (exact) mass is 349 g/mol. The number of ether oxygens (including phenoxy) is 3. The molecular weight excluding hydrogens is 326 g/mol. The van der Waals surface area contributed by atoms with E-state index >= 15 is 0 Å². The quantitative estimate of drug-likeness (QED) is 0.648. The van der Waals surface area contributed by atoms with E-state index in [2.05, 4.69) is 5.32 Å². The van der Waals surface area contributed by atoms with Crippen LogP contribution >= 0.6 is 0 Å². The second-order valence-corrected chi connectivity index (χ2v) is 6.01. The van der Waals surface area contributed by atoms with Crippen LogP contribution in [0.2, 0.25) is 0 Å². The third-order valence-electron chi connectivity index (χ3n) is 3.90. The summed E-state index contributed by atoms with van der Waals surface area (Å²) < 4.78 is 15.6. The first kappa shape index (κ1) is 18.8. The number of benzene rings is 1. The Balaban J connectivity index is 1.84. The van der Waals surface area contributed by atoms with Crippen LogP contribution in [-0.4, -0.2) is 36.3 Å². The van der Waals surface area contributed by atoms with Gasteiger partial charge in [-0.05, 0) is 18.4 Å². The highest BCUT2D eigenvalue weighted by Crippen LogP contribution is 2.25. The van der Waals surface area contributed by atoms with Crippen molar-refractivity contribution in [2.24, 2.45) is 0 Å². The number of hydrogen-bond donors (Lipinski definition) is 1. The number of nitrogens with one attached hydrogen (secondary N) is 1. The van der Waals surface area contributed by atoms with E-state index in [0.717, 1.165) is 5.56 Å². The molecule has 1 fully saturated rings. The Labute approximate surface area is 146 Å². The van der Waals surface area contributed by atoms with Crippen LogP contribution in [0.1, 0.15) is 38.7 Å². The van der Waals surface area contributed by atoms with Gasteiger partial charge < -0.3 is 19.5 Å². The van der Waals surface area contributed by atoms with Gasteiger partial charge in [0.2, 0.25) is 0 Å². The molecule has 3 atom stereocenters. The highest BCUT2D eigenvalue weighted by molar-refractivity contribution is 5.68. The van der Waals surface area contributed by atoms with Gasteiger partial charge >= 0.3 is 18.0 Å². The van der Waals surface area contributed by atoms with Crippen molar-refractivity contribution in [3.05, 3.63) is 35.9 Å². The zero-order valence-corrected chi connectivity index (χ0v) is 14.4. The lowest BCUT2D eigenvalue weighted by Crippen LogP contribution is -2.47. The normalized spacial score (nSPS) is 22.6. The van der Waals surface area contributed by atoms with E-state index in [-0.39, 0.29) is 12.6 Å². The molecule has 0 bridgehead atoms. The minimum Gasteiger partial charge on any atom is -0.459 e. The highest BCUT2D eigenvalue weighted by atomic mass is 16.6. The lowest BCUT2D eigenvalue weighted by Gasteiger charge is -2.34. The Morgan fingerprint density at radius 3 is 2.28 bits per heavy atom. The summed E-state index contributed by atoms with van der Waals surface area (Å²) in [6, 6.07) is 9.16. The molecule has 25 heavy (non-hydrogen) atoms. The Bertz CT molecular complexity index is 603. The summed E-state index contributed by atoms with van der Waals surface area (Å²) >= 11 is 0. The number of hydrogen-bond acceptors (Lipinski definition) is 6. The lowest BCUT2D eigenvalue weighted by molar-refractivity contribution is -0.169. The predicted molar refractivity (Wildman–Crippen MR) is 88.5 cm³/mol. The fourth-order valence-electron chi connectivity index (χ4n) is 2.85. The molecule has 1 N–H and O–H groups in total. The maximum atomic E-state index is 11.9. The molecule has 1 saturated carbocycles.